The molecule has 0 aliphatic carbocycles. The number of rotatable bonds is 4. The summed E-state index contributed by atoms with van der Waals surface area (Å²) in [5.41, 5.74) is 0.128. The lowest BCUT2D eigenvalue weighted by Gasteiger charge is -2.39. The lowest BCUT2D eigenvalue weighted by Crippen LogP contribution is -2.59. The van der Waals surface area contributed by atoms with E-state index in [4.69, 9.17) is 4.74 Å². The minimum absolute atomic E-state index is 0.128. The molecule has 2 fully saturated rings. The smallest absolute Gasteiger partial charge is 0.0902 e. The van der Waals surface area contributed by atoms with Gasteiger partial charge in [-0.3, -0.25) is 4.90 Å². The maximum atomic E-state index is 5.87. The highest BCUT2D eigenvalue weighted by atomic mass is 16.5. The van der Waals surface area contributed by atoms with Crippen LogP contribution >= 0.6 is 0 Å². The quantitative estimate of drug-likeness (QED) is 0.725. The molecule has 2 saturated heterocycles. The van der Waals surface area contributed by atoms with Crippen molar-refractivity contribution in [1.29, 1.82) is 0 Å². The molecule has 1 unspecified atom stereocenters. The molecule has 2 heterocycles. The first-order valence-electron chi connectivity index (χ1n) is 5.78. The average Bonchev–Trinajstić information content (AvgIpc) is 2.49. The van der Waals surface area contributed by atoms with Crippen molar-refractivity contribution in [1.82, 2.24) is 10.2 Å². The van der Waals surface area contributed by atoms with Gasteiger partial charge < -0.3 is 10.1 Å². The fourth-order valence-corrected chi connectivity index (χ4v) is 2.31. The predicted molar refractivity (Wildman–Crippen MR) is 57.5 cm³/mol. The molecule has 0 aromatic carbocycles. The van der Waals surface area contributed by atoms with Crippen LogP contribution in [0.5, 0.6) is 0 Å². The van der Waals surface area contributed by atoms with Crippen LogP contribution < -0.4 is 5.32 Å². The second kappa shape index (κ2) is 4.17. The lowest BCUT2D eigenvalue weighted by atomic mass is 10.0. The van der Waals surface area contributed by atoms with Gasteiger partial charge in [-0.15, -0.1) is 0 Å². The number of ether oxygens (including phenoxy) is 1. The number of hydrogen-bond acceptors (Lipinski definition) is 3. The molecule has 0 aromatic rings. The second-order valence-electron chi connectivity index (χ2n) is 4.93. The lowest BCUT2D eigenvalue weighted by molar-refractivity contribution is -0.0725. The molecule has 1 atom stereocenters. The molecule has 0 saturated carbocycles. The Labute approximate surface area is 86.8 Å². The third kappa shape index (κ3) is 2.27. The van der Waals surface area contributed by atoms with Gasteiger partial charge in [0.1, 0.15) is 0 Å². The van der Waals surface area contributed by atoms with Gasteiger partial charge >= 0.3 is 0 Å². The molecule has 14 heavy (non-hydrogen) atoms. The average molecular weight is 198 g/mol. The minimum Gasteiger partial charge on any atom is -0.371 e. The van der Waals surface area contributed by atoms with E-state index in [1.807, 2.05) is 0 Å². The summed E-state index contributed by atoms with van der Waals surface area (Å²) in [6, 6.07) is 0.769. The molecule has 2 aliphatic heterocycles. The molecule has 3 heteroatoms. The molecule has 0 amide bonds. The Bertz CT molecular complexity index is 192. The second-order valence-corrected chi connectivity index (χ2v) is 4.93. The Balaban J connectivity index is 1.62. The number of nitrogens with one attached hydrogen (secondary N) is 1. The van der Waals surface area contributed by atoms with Gasteiger partial charge in [-0.2, -0.15) is 0 Å². The molecular formula is C11H22N2O. The Kier molecular flexibility index (Phi) is 3.10. The van der Waals surface area contributed by atoms with Gasteiger partial charge in [-0.05, 0) is 33.2 Å². The van der Waals surface area contributed by atoms with Gasteiger partial charge in [0.05, 0.1) is 12.2 Å². The summed E-state index contributed by atoms with van der Waals surface area (Å²) in [6.07, 6.45) is 2.72. The van der Waals surface area contributed by atoms with Crippen LogP contribution in [0, 0.1) is 0 Å². The van der Waals surface area contributed by atoms with Crippen LogP contribution in [0.3, 0.4) is 0 Å². The molecule has 0 aromatic heterocycles. The molecule has 0 spiro atoms. The third-order valence-electron chi connectivity index (χ3n) is 3.52. The highest BCUT2D eigenvalue weighted by molar-refractivity contribution is 4.90. The first kappa shape index (κ1) is 10.4. The zero-order valence-corrected chi connectivity index (χ0v) is 9.38. The van der Waals surface area contributed by atoms with Crippen molar-refractivity contribution >= 4 is 0 Å². The Morgan fingerprint density at radius 1 is 1.50 bits per heavy atom. The number of nitrogens with zero attached hydrogens (tertiary/aromatic N) is 1. The molecule has 3 nitrogen and oxygen atoms in total. The maximum Gasteiger partial charge on any atom is 0.0902 e. The standard InChI is InChI=1S/C11H22N2O/c1-10-4-3-5-13(10)6-7-14-11(2)8-12-9-11/h10,12H,3-9H2,1-2H3. The molecular weight excluding hydrogens is 176 g/mol. The topological polar surface area (TPSA) is 24.5 Å². The zero-order chi connectivity index (χ0) is 10.0. The van der Waals surface area contributed by atoms with Crippen molar-refractivity contribution in [3.8, 4) is 0 Å². The fraction of sp³-hybridized carbons (Fsp3) is 1.00. The van der Waals surface area contributed by atoms with Crippen LogP contribution in [0.2, 0.25) is 0 Å². The van der Waals surface area contributed by atoms with Gasteiger partial charge in [0.25, 0.3) is 0 Å². The van der Waals surface area contributed by atoms with Crippen LogP contribution in [0.4, 0.5) is 0 Å². The summed E-state index contributed by atoms with van der Waals surface area (Å²) in [7, 11) is 0. The summed E-state index contributed by atoms with van der Waals surface area (Å²) >= 11 is 0. The molecule has 82 valence electrons. The van der Waals surface area contributed by atoms with Crippen LogP contribution in [0.15, 0.2) is 0 Å². The summed E-state index contributed by atoms with van der Waals surface area (Å²) in [5, 5.41) is 3.25. The molecule has 2 rings (SSSR count). The van der Waals surface area contributed by atoms with Crippen molar-refractivity contribution in [2.75, 3.05) is 32.8 Å². The van der Waals surface area contributed by atoms with Gasteiger partial charge in [0.2, 0.25) is 0 Å². The third-order valence-corrected chi connectivity index (χ3v) is 3.52. The van der Waals surface area contributed by atoms with E-state index in [0.29, 0.717) is 0 Å². The highest BCUT2D eigenvalue weighted by Gasteiger charge is 2.32. The molecule has 2 aliphatic rings. The minimum atomic E-state index is 0.128. The Morgan fingerprint density at radius 2 is 2.29 bits per heavy atom. The Hall–Kier alpha value is -0.120. The van der Waals surface area contributed by atoms with E-state index >= 15 is 0 Å². The van der Waals surface area contributed by atoms with E-state index in [1.165, 1.54) is 19.4 Å². The van der Waals surface area contributed by atoms with E-state index in [9.17, 15) is 0 Å². The van der Waals surface area contributed by atoms with Crippen molar-refractivity contribution < 1.29 is 4.74 Å². The van der Waals surface area contributed by atoms with Crippen LogP contribution in [0.25, 0.3) is 0 Å². The van der Waals surface area contributed by atoms with Crippen LogP contribution in [0.1, 0.15) is 26.7 Å². The summed E-state index contributed by atoms with van der Waals surface area (Å²) in [6.45, 7) is 9.81. The summed E-state index contributed by atoms with van der Waals surface area (Å²) in [4.78, 5) is 2.54. The van der Waals surface area contributed by atoms with Crippen molar-refractivity contribution in [2.24, 2.45) is 0 Å². The maximum absolute atomic E-state index is 5.87. The predicted octanol–water partition coefficient (Wildman–Crippen LogP) is 0.849. The Morgan fingerprint density at radius 3 is 2.79 bits per heavy atom. The monoisotopic (exact) mass is 198 g/mol. The molecule has 1 N–H and O–H groups in total. The van der Waals surface area contributed by atoms with Gasteiger partial charge in [-0.25, -0.2) is 0 Å². The summed E-state index contributed by atoms with van der Waals surface area (Å²) < 4.78 is 5.87. The first-order chi connectivity index (χ1) is 6.70. The molecule has 0 bridgehead atoms. The SMILES string of the molecule is CC1CCCN1CCOC1(C)CNC1. The van der Waals surface area contributed by atoms with Gasteiger partial charge in [-0.1, -0.05) is 0 Å². The van der Waals surface area contributed by atoms with E-state index < -0.39 is 0 Å². The van der Waals surface area contributed by atoms with Crippen molar-refractivity contribution in [3.05, 3.63) is 0 Å². The van der Waals surface area contributed by atoms with Crippen molar-refractivity contribution in [3.63, 3.8) is 0 Å². The van der Waals surface area contributed by atoms with Gasteiger partial charge in [0.15, 0.2) is 0 Å². The van der Waals surface area contributed by atoms with E-state index in [1.54, 1.807) is 0 Å². The first-order valence-corrected chi connectivity index (χ1v) is 5.78. The zero-order valence-electron chi connectivity index (χ0n) is 9.38. The van der Waals surface area contributed by atoms with E-state index in [2.05, 4.69) is 24.1 Å². The number of hydrogen-bond donors (Lipinski definition) is 1. The van der Waals surface area contributed by atoms with Crippen LogP contribution in [-0.4, -0.2) is 49.3 Å². The van der Waals surface area contributed by atoms with E-state index in [-0.39, 0.29) is 5.60 Å². The van der Waals surface area contributed by atoms with Crippen LogP contribution in [-0.2, 0) is 4.74 Å². The normalized spacial score (nSPS) is 31.7. The van der Waals surface area contributed by atoms with Crippen molar-refractivity contribution in [2.45, 2.75) is 38.3 Å². The molecule has 0 radical (unpaired) electrons. The van der Waals surface area contributed by atoms with E-state index in [0.717, 1.165) is 32.3 Å². The highest BCUT2D eigenvalue weighted by Crippen LogP contribution is 2.18. The fourth-order valence-electron chi connectivity index (χ4n) is 2.31. The number of likely N-dealkylation sites (tertiary alicyclic amines) is 1. The van der Waals surface area contributed by atoms with Gasteiger partial charge in [0, 0.05) is 25.7 Å². The summed E-state index contributed by atoms with van der Waals surface area (Å²) in [5.74, 6) is 0. The largest absolute Gasteiger partial charge is 0.371 e.